The van der Waals surface area contributed by atoms with Crippen molar-refractivity contribution in [2.45, 2.75) is 56.3 Å². The molecule has 1 unspecified atom stereocenters. The van der Waals surface area contributed by atoms with Crippen molar-refractivity contribution in [2.24, 2.45) is 0 Å². The average Bonchev–Trinajstić information content (AvgIpc) is 2.65. The van der Waals surface area contributed by atoms with Gasteiger partial charge in [-0.25, -0.2) is 17.9 Å². The van der Waals surface area contributed by atoms with Crippen molar-refractivity contribution in [1.29, 1.82) is 0 Å². The topological polar surface area (TPSA) is 108 Å². The van der Waals surface area contributed by atoms with Crippen LogP contribution in [0.4, 0.5) is 10.5 Å². The molecular formula is C19H30ClN3O5S. The number of carbonyl (C=O) groups excluding carboxylic acids is 1. The number of nitrogens with one attached hydrogen (secondary N) is 2. The first-order valence-electron chi connectivity index (χ1n) is 9.58. The number of hydrogen-bond donors (Lipinski definition) is 3. The zero-order chi connectivity index (χ0) is 21.7. The van der Waals surface area contributed by atoms with Gasteiger partial charge in [0.05, 0.1) is 16.9 Å². The number of aliphatic hydroxyl groups is 1. The van der Waals surface area contributed by atoms with E-state index in [9.17, 15) is 18.3 Å². The molecule has 1 aliphatic rings. The Morgan fingerprint density at radius 2 is 2.00 bits per heavy atom. The van der Waals surface area contributed by atoms with Crippen LogP contribution >= 0.6 is 11.6 Å². The highest BCUT2D eigenvalue weighted by Crippen LogP contribution is 2.19. The summed E-state index contributed by atoms with van der Waals surface area (Å²) in [6.45, 7) is 6.52. The van der Waals surface area contributed by atoms with Crippen molar-refractivity contribution in [3.63, 3.8) is 0 Å². The summed E-state index contributed by atoms with van der Waals surface area (Å²) in [5.74, 6) is 0.0918. The van der Waals surface area contributed by atoms with Crippen molar-refractivity contribution in [3.05, 3.63) is 24.3 Å². The van der Waals surface area contributed by atoms with Crippen molar-refractivity contribution in [1.82, 2.24) is 9.62 Å². The number of halogens is 1. The number of anilines is 1. The van der Waals surface area contributed by atoms with Gasteiger partial charge in [-0.1, -0.05) is 6.07 Å². The molecule has 29 heavy (non-hydrogen) atoms. The van der Waals surface area contributed by atoms with Gasteiger partial charge in [-0.2, -0.15) is 0 Å². The molecule has 10 heteroatoms. The molecule has 1 heterocycles. The Hall–Kier alpha value is -1.55. The van der Waals surface area contributed by atoms with E-state index in [-0.39, 0.29) is 29.5 Å². The van der Waals surface area contributed by atoms with E-state index in [4.69, 9.17) is 16.3 Å². The second-order valence-corrected chi connectivity index (χ2v) is 10.1. The number of rotatable bonds is 7. The number of carbonyl (C=O) groups is 1. The lowest BCUT2D eigenvalue weighted by atomic mass is 10.1. The Morgan fingerprint density at radius 3 is 2.59 bits per heavy atom. The van der Waals surface area contributed by atoms with Gasteiger partial charge in [0.1, 0.15) is 5.60 Å². The summed E-state index contributed by atoms with van der Waals surface area (Å²) in [6.07, 6.45) is -0.0710. The average molecular weight is 448 g/mol. The number of benzene rings is 1. The summed E-state index contributed by atoms with van der Waals surface area (Å²) >= 11 is 5.56. The fourth-order valence-electron chi connectivity index (χ4n) is 2.86. The minimum absolute atomic E-state index is 0.0918. The lowest BCUT2D eigenvalue weighted by Crippen LogP contribution is -2.47. The quantitative estimate of drug-likeness (QED) is 0.554. The van der Waals surface area contributed by atoms with Crippen LogP contribution in [0.15, 0.2) is 29.2 Å². The van der Waals surface area contributed by atoms with Crippen LogP contribution < -0.4 is 10.0 Å². The van der Waals surface area contributed by atoms with Crippen LogP contribution in [0.3, 0.4) is 0 Å². The molecule has 0 bridgehead atoms. The maximum atomic E-state index is 12.7. The molecule has 0 radical (unpaired) electrons. The lowest BCUT2D eigenvalue weighted by Gasteiger charge is -2.33. The SMILES string of the molecule is CC(C)(C)OC(=O)N1CCC(NS(=O)(=O)c2cccc(NCC(O)CCl)c2)CC1. The van der Waals surface area contributed by atoms with Gasteiger partial charge >= 0.3 is 6.09 Å². The van der Waals surface area contributed by atoms with E-state index in [1.807, 2.05) is 20.8 Å². The molecule has 0 spiro atoms. The molecule has 0 saturated carbocycles. The number of aliphatic hydroxyl groups excluding tert-OH is 1. The van der Waals surface area contributed by atoms with E-state index < -0.39 is 21.7 Å². The predicted octanol–water partition coefficient (Wildman–Crippen LogP) is 2.38. The van der Waals surface area contributed by atoms with Gasteiger partial charge in [-0.3, -0.25) is 0 Å². The molecular weight excluding hydrogens is 418 g/mol. The number of hydrogen-bond acceptors (Lipinski definition) is 6. The van der Waals surface area contributed by atoms with E-state index in [1.54, 1.807) is 17.0 Å². The fraction of sp³-hybridized carbons (Fsp3) is 0.632. The third kappa shape index (κ3) is 7.65. The normalized spacial score (nSPS) is 17.1. The van der Waals surface area contributed by atoms with Gasteiger partial charge in [0, 0.05) is 31.4 Å². The molecule has 2 rings (SSSR count). The number of likely N-dealkylation sites (tertiary alicyclic amines) is 1. The van der Waals surface area contributed by atoms with Crippen LogP contribution in [0.1, 0.15) is 33.6 Å². The smallest absolute Gasteiger partial charge is 0.410 e. The van der Waals surface area contributed by atoms with Crippen LogP contribution in [0, 0.1) is 0 Å². The van der Waals surface area contributed by atoms with Crippen LogP contribution in [0.25, 0.3) is 0 Å². The maximum absolute atomic E-state index is 12.7. The van der Waals surface area contributed by atoms with Crippen LogP contribution in [0.5, 0.6) is 0 Å². The van der Waals surface area contributed by atoms with E-state index in [1.165, 1.54) is 12.1 Å². The molecule has 164 valence electrons. The molecule has 0 aliphatic carbocycles. The molecule has 1 atom stereocenters. The summed E-state index contributed by atoms with van der Waals surface area (Å²) in [4.78, 5) is 13.9. The van der Waals surface area contributed by atoms with Gasteiger partial charge in [-0.15, -0.1) is 11.6 Å². The summed E-state index contributed by atoms with van der Waals surface area (Å²) in [7, 11) is -3.71. The van der Waals surface area contributed by atoms with Crippen molar-refractivity contribution in [2.75, 3.05) is 30.8 Å². The molecule has 0 aromatic heterocycles. The molecule has 1 aromatic rings. The van der Waals surface area contributed by atoms with E-state index in [0.717, 1.165) is 0 Å². The van der Waals surface area contributed by atoms with Crippen LogP contribution in [0.2, 0.25) is 0 Å². The number of sulfonamides is 1. The number of alkyl halides is 1. The Kier molecular flexibility index (Phi) is 8.16. The van der Waals surface area contributed by atoms with Gasteiger partial charge in [-0.05, 0) is 51.8 Å². The molecule has 3 N–H and O–H groups in total. The molecule has 1 saturated heterocycles. The van der Waals surface area contributed by atoms with Gasteiger partial charge in [0.15, 0.2) is 0 Å². The zero-order valence-corrected chi connectivity index (χ0v) is 18.6. The molecule has 1 aromatic carbocycles. The minimum atomic E-state index is -3.71. The number of nitrogens with zero attached hydrogens (tertiary/aromatic N) is 1. The first kappa shape index (κ1) is 23.7. The van der Waals surface area contributed by atoms with Gasteiger partial charge in [0.2, 0.25) is 10.0 Å². The Morgan fingerprint density at radius 1 is 1.34 bits per heavy atom. The van der Waals surface area contributed by atoms with Gasteiger partial charge in [0.25, 0.3) is 0 Å². The van der Waals surface area contributed by atoms with Crippen LogP contribution in [-0.2, 0) is 14.8 Å². The fourth-order valence-corrected chi connectivity index (χ4v) is 4.32. The Balaban J connectivity index is 1.93. The lowest BCUT2D eigenvalue weighted by molar-refractivity contribution is 0.0203. The van der Waals surface area contributed by atoms with E-state index in [0.29, 0.717) is 31.6 Å². The second-order valence-electron chi connectivity index (χ2n) is 8.08. The number of amides is 1. The summed E-state index contributed by atoms with van der Waals surface area (Å²) in [5.41, 5.74) is 0.0192. The van der Waals surface area contributed by atoms with Crippen molar-refractivity contribution in [3.8, 4) is 0 Å². The zero-order valence-electron chi connectivity index (χ0n) is 17.0. The second kappa shape index (κ2) is 9.97. The molecule has 8 nitrogen and oxygen atoms in total. The Labute approximate surface area is 177 Å². The maximum Gasteiger partial charge on any atom is 0.410 e. The van der Waals surface area contributed by atoms with E-state index >= 15 is 0 Å². The molecule has 1 amide bonds. The number of ether oxygens (including phenoxy) is 1. The third-order valence-corrected chi connectivity index (χ3v) is 6.21. The summed E-state index contributed by atoms with van der Waals surface area (Å²) in [5, 5.41) is 12.5. The predicted molar refractivity (Wildman–Crippen MR) is 113 cm³/mol. The van der Waals surface area contributed by atoms with Crippen molar-refractivity contribution >= 4 is 33.4 Å². The number of piperidine rings is 1. The summed E-state index contributed by atoms with van der Waals surface area (Å²) in [6, 6.07) is 6.13. The van der Waals surface area contributed by atoms with Gasteiger partial charge < -0.3 is 20.1 Å². The highest BCUT2D eigenvalue weighted by atomic mass is 35.5. The van der Waals surface area contributed by atoms with Crippen molar-refractivity contribution < 1.29 is 23.1 Å². The highest BCUT2D eigenvalue weighted by Gasteiger charge is 2.29. The molecule has 1 fully saturated rings. The highest BCUT2D eigenvalue weighted by molar-refractivity contribution is 7.89. The monoisotopic (exact) mass is 447 g/mol. The molecule has 1 aliphatic heterocycles. The minimum Gasteiger partial charge on any atom is -0.444 e. The van der Waals surface area contributed by atoms with E-state index in [2.05, 4.69) is 10.0 Å². The third-order valence-electron chi connectivity index (χ3n) is 4.33. The van der Waals surface area contributed by atoms with Crippen LogP contribution in [-0.4, -0.2) is 67.8 Å². The summed E-state index contributed by atoms with van der Waals surface area (Å²) < 4.78 is 33.5. The standard InChI is InChI=1S/C19H30ClN3O5S/c1-19(2,3)28-18(25)23-9-7-14(8-10-23)22-29(26,27)17-6-4-5-15(11-17)21-13-16(24)12-20/h4-6,11,14,16,21-22,24H,7-10,12-13H2,1-3H3. The first-order valence-corrected chi connectivity index (χ1v) is 11.6. The largest absolute Gasteiger partial charge is 0.444 e. The first-order chi connectivity index (χ1) is 13.5. The Bertz CT molecular complexity index is 789.